The average molecular weight is 248 g/mol. The minimum atomic E-state index is -0.179. The highest BCUT2D eigenvalue weighted by Gasteiger charge is 2.43. The zero-order chi connectivity index (χ0) is 13.1. The molecule has 0 aliphatic carbocycles. The van der Waals surface area contributed by atoms with Crippen molar-refractivity contribution < 1.29 is 9.59 Å². The molecule has 0 saturated carbocycles. The lowest BCUT2D eigenvalue weighted by Crippen LogP contribution is -2.40. The van der Waals surface area contributed by atoms with E-state index >= 15 is 0 Å². The minimum Gasteiger partial charge on any atom is -0.345 e. The molecule has 2 N–H and O–H groups in total. The molecule has 2 aliphatic heterocycles. The summed E-state index contributed by atoms with van der Waals surface area (Å²) < 4.78 is 0. The van der Waals surface area contributed by atoms with Crippen LogP contribution >= 0.6 is 0 Å². The van der Waals surface area contributed by atoms with Crippen LogP contribution < -0.4 is 10.6 Å². The first-order valence-corrected chi connectivity index (χ1v) is 6.65. The Morgan fingerprint density at radius 1 is 1.11 bits per heavy atom. The Kier molecular flexibility index (Phi) is 3.84. The quantitative estimate of drug-likeness (QED) is 0.552. The second-order valence-corrected chi connectivity index (χ2v) is 4.90. The number of rotatable bonds is 6. The van der Waals surface area contributed by atoms with Crippen molar-refractivity contribution in [3.63, 3.8) is 0 Å². The van der Waals surface area contributed by atoms with E-state index in [4.69, 9.17) is 0 Å². The van der Waals surface area contributed by atoms with E-state index in [9.17, 15) is 9.59 Å². The van der Waals surface area contributed by atoms with Crippen LogP contribution in [0.4, 0.5) is 0 Å². The van der Waals surface area contributed by atoms with Gasteiger partial charge in [0.05, 0.1) is 17.7 Å². The van der Waals surface area contributed by atoms with E-state index in [2.05, 4.69) is 24.1 Å². The van der Waals surface area contributed by atoms with Crippen LogP contribution in [0.1, 0.15) is 39.0 Å². The Labute approximate surface area is 108 Å². The summed E-state index contributed by atoms with van der Waals surface area (Å²) in [6, 6.07) is -0.268. The van der Waals surface area contributed by atoms with Gasteiger partial charge in [0.25, 0.3) is 0 Å². The first-order valence-electron chi connectivity index (χ1n) is 6.65. The summed E-state index contributed by atoms with van der Waals surface area (Å²) in [6.45, 7) is 5.80. The van der Waals surface area contributed by atoms with E-state index in [1.807, 2.05) is 0 Å². The molecular formula is C14H20N2O2. The summed E-state index contributed by atoms with van der Waals surface area (Å²) in [5.41, 5.74) is 1.31. The first-order chi connectivity index (χ1) is 8.69. The van der Waals surface area contributed by atoms with E-state index in [1.54, 1.807) is 6.08 Å². The van der Waals surface area contributed by atoms with Crippen LogP contribution in [0.2, 0.25) is 0 Å². The molecule has 4 heteroatoms. The van der Waals surface area contributed by atoms with Gasteiger partial charge in [-0.1, -0.05) is 32.3 Å². The third kappa shape index (κ3) is 2.19. The van der Waals surface area contributed by atoms with Crippen LogP contribution in [0, 0.1) is 0 Å². The van der Waals surface area contributed by atoms with E-state index < -0.39 is 0 Å². The normalized spacial score (nSPS) is 26.1. The van der Waals surface area contributed by atoms with Gasteiger partial charge in [-0.05, 0) is 12.8 Å². The number of hydrogen-bond donors (Lipinski definition) is 2. The molecule has 0 aromatic heterocycles. The van der Waals surface area contributed by atoms with Crippen molar-refractivity contribution in [3.05, 3.63) is 23.8 Å². The zero-order valence-corrected chi connectivity index (χ0v) is 10.8. The number of hydrogen-bond acceptors (Lipinski definition) is 2. The number of nitrogens with one attached hydrogen (secondary N) is 2. The second-order valence-electron chi connectivity index (χ2n) is 4.90. The highest BCUT2D eigenvalue weighted by atomic mass is 16.2. The van der Waals surface area contributed by atoms with E-state index in [0.29, 0.717) is 17.6 Å². The largest absolute Gasteiger partial charge is 0.345 e. The van der Waals surface area contributed by atoms with Gasteiger partial charge in [0.2, 0.25) is 11.8 Å². The summed E-state index contributed by atoms with van der Waals surface area (Å²) >= 11 is 0. The lowest BCUT2D eigenvalue weighted by molar-refractivity contribution is -0.118. The Morgan fingerprint density at radius 2 is 1.72 bits per heavy atom. The van der Waals surface area contributed by atoms with Gasteiger partial charge in [0.15, 0.2) is 0 Å². The van der Waals surface area contributed by atoms with Crippen molar-refractivity contribution in [2.45, 2.75) is 51.1 Å². The van der Waals surface area contributed by atoms with Crippen LogP contribution in [0.15, 0.2) is 23.8 Å². The topological polar surface area (TPSA) is 58.2 Å². The van der Waals surface area contributed by atoms with Gasteiger partial charge in [-0.15, -0.1) is 6.58 Å². The number of unbranched alkanes of at least 4 members (excludes halogenated alkanes) is 2. The molecule has 2 amide bonds. The van der Waals surface area contributed by atoms with E-state index in [1.165, 1.54) is 0 Å². The van der Waals surface area contributed by atoms with Crippen molar-refractivity contribution in [2.24, 2.45) is 0 Å². The van der Waals surface area contributed by atoms with Crippen LogP contribution in [0.5, 0.6) is 0 Å². The fourth-order valence-corrected chi connectivity index (χ4v) is 2.71. The van der Waals surface area contributed by atoms with Crippen LogP contribution in [-0.4, -0.2) is 23.9 Å². The third-order valence-electron chi connectivity index (χ3n) is 3.59. The Balaban J connectivity index is 2.13. The van der Waals surface area contributed by atoms with Crippen molar-refractivity contribution in [2.75, 3.05) is 0 Å². The highest BCUT2D eigenvalue weighted by Crippen LogP contribution is 2.30. The van der Waals surface area contributed by atoms with Crippen LogP contribution in [0.25, 0.3) is 0 Å². The Morgan fingerprint density at radius 3 is 2.33 bits per heavy atom. The summed E-state index contributed by atoms with van der Waals surface area (Å²) in [6.07, 6.45) is 6.51. The molecule has 98 valence electrons. The van der Waals surface area contributed by atoms with Gasteiger partial charge in [0, 0.05) is 5.57 Å². The molecule has 0 spiro atoms. The van der Waals surface area contributed by atoms with Crippen molar-refractivity contribution >= 4 is 11.8 Å². The van der Waals surface area contributed by atoms with E-state index in [0.717, 1.165) is 25.7 Å². The molecule has 0 aromatic carbocycles. The third-order valence-corrected chi connectivity index (χ3v) is 3.59. The predicted molar refractivity (Wildman–Crippen MR) is 69.8 cm³/mol. The van der Waals surface area contributed by atoms with Gasteiger partial charge in [-0.3, -0.25) is 9.59 Å². The first kappa shape index (κ1) is 12.9. The molecular weight excluding hydrogens is 228 g/mol. The molecule has 2 atom stereocenters. The molecule has 2 aliphatic rings. The zero-order valence-electron chi connectivity index (χ0n) is 10.8. The van der Waals surface area contributed by atoms with E-state index in [-0.39, 0.29) is 23.9 Å². The lowest BCUT2D eigenvalue weighted by Gasteiger charge is -2.15. The van der Waals surface area contributed by atoms with Gasteiger partial charge >= 0.3 is 0 Å². The fourth-order valence-electron chi connectivity index (χ4n) is 2.71. The standard InChI is InChI=1S/C14H20N2O2/c1-3-5-6-8-10-12-11(13(17)16-10)9(7-4-2)15-14(12)18/h4,9-10H,2-3,5-8H2,1H3,(H,15,18)(H,16,17). The molecule has 2 unspecified atom stereocenters. The minimum absolute atomic E-state index is 0.0864. The number of carbonyl (C=O) groups excluding carboxylic acids is 2. The molecule has 0 aromatic rings. The highest BCUT2D eigenvalue weighted by molar-refractivity contribution is 6.13. The summed E-state index contributed by atoms with van der Waals surface area (Å²) in [5.74, 6) is -0.173. The number of amides is 2. The van der Waals surface area contributed by atoms with Crippen LogP contribution in [0.3, 0.4) is 0 Å². The summed E-state index contributed by atoms with van der Waals surface area (Å²) in [5, 5.41) is 5.79. The van der Waals surface area contributed by atoms with Gasteiger partial charge in [-0.2, -0.15) is 0 Å². The molecule has 0 fully saturated rings. The predicted octanol–water partition coefficient (Wildman–Crippen LogP) is 1.44. The lowest BCUT2D eigenvalue weighted by atomic mass is 9.98. The molecule has 4 nitrogen and oxygen atoms in total. The molecule has 0 radical (unpaired) electrons. The molecule has 0 bridgehead atoms. The van der Waals surface area contributed by atoms with Gasteiger partial charge in [-0.25, -0.2) is 0 Å². The fraction of sp³-hybridized carbons (Fsp3) is 0.571. The SMILES string of the molecule is C=CCC1NC(=O)C2=C1C(=O)NC2CCCCC. The second kappa shape index (κ2) is 5.38. The Hall–Kier alpha value is -1.58. The molecule has 0 saturated heterocycles. The maximum atomic E-state index is 11.9. The van der Waals surface area contributed by atoms with Crippen molar-refractivity contribution in [3.8, 4) is 0 Å². The smallest absolute Gasteiger partial charge is 0.250 e. The Bertz CT molecular complexity index is 410. The monoisotopic (exact) mass is 248 g/mol. The van der Waals surface area contributed by atoms with Gasteiger partial charge in [0.1, 0.15) is 0 Å². The van der Waals surface area contributed by atoms with Crippen LogP contribution in [-0.2, 0) is 9.59 Å². The molecule has 18 heavy (non-hydrogen) atoms. The maximum absolute atomic E-state index is 11.9. The summed E-state index contributed by atoms with van der Waals surface area (Å²) in [7, 11) is 0. The number of carbonyl (C=O) groups is 2. The van der Waals surface area contributed by atoms with Crippen molar-refractivity contribution in [1.82, 2.24) is 10.6 Å². The maximum Gasteiger partial charge on any atom is 0.250 e. The molecule has 2 rings (SSSR count). The summed E-state index contributed by atoms with van der Waals surface area (Å²) in [4.78, 5) is 23.9. The molecule has 2 heterocycles. The van der Waals surface area contributed by atoms with Crippen molar-refractivity contribution in [1.29, 1.82) is 0 Å². The average Bonchev–Trinajstić information content (AvgIpc) is 2.82. The van der Waals surface area contributed by atoms with Gasteiger partial charge < -0.3 is 10.6 Å².